The second-order valence-corrected chi connectivity index (χ2v) is 8.23. The number of rotatable bonds is 6. The molecule has 0 spiro atoms. The number of aromatic amines is 1. The zero-order valence-corrected chi connectivity index (χ0v) is 18.0. The van der Waals surface area contributed by atoms with Crippen LogP contribution in [0, 0.1) is 0 Å². The number of imidazole rings is 1. The van der Waals surface area contributed by atoms with E-state index in [9.17, 15) is 8.78 Å². The maximum Gasteiger partial charge on any atom is 0.314 e. The van der Waals surface area contributed by atoms with E-state index in [4.69, 9.17) is 9.40 Å². The molecule has 5 aromatic rings. The van der Waals surface area contributed by atoms with Gasteiger partial charge in [-0.25, -0.2) is 9.67 Å². The van der Waals surface area contributed by atoms with Crippen molar-refractivity contribution in [2.24, 2.45) is 0 Å². The number of anilines is 1. The molecule has 34 heavy (non-hydrogen) atoms. The molecule has 6 rings (SSSR count). The summed E-state index contributed by atoms with van der Waals surface area (Å²) in [5, 5.41) is 15.6. The van der Waals surface area contributed by atoms with Crippen molar-refractivity contribution in [3.8, 4) is 22.7 Å². The van der Waals surface area contributed by atoms with Crippen LogP contribution in [-0.4, -0.2) is 48.2 Å². The van der Waals surface area contributed by atoms with Gasteiger partial charge in [-0.15, -0.1) is 15.3 Å². The lowest BCUT2D eigenvalue weighted by molar-refractivity contribution is 0.116. The fourth-order valence-corrected chi connectivity index (χ4v) is 4.12. The lowest BCUT2D eigenvalue weighted by Crippen LogP contribution is -2.18. The van der Waals surface area contributed by atoms with Crippen LogP contribution < -0.4 is 4.90 Å². The summed E-state index contributed by atoms with van der Waals surface area (Å²) >= 11 is 0. The van der Waals surface area contributed by atoms with Crippen molar-refractivity contribution >= 4 is 17.0 Å². The fraction of sp³-hybridized carbons (Fsp3) is 0.261. The van der Waals surface area contributed by atoms with Crippen LogP contribution in [-0.2, 0) is 6.54 Å². The van der Waals surface area contributed by atoms with Crippen molar-refractivity contribution in [2.75, 3.05) is 18.0 Å². The van der Waals surface area contributed by atoms with Gasteiger partial charge in [0, 0.05) is 24.2 Å². The highest BCUT2D eigenvalue weighted by Crippen LogP contribution is 2.26. The first kappa shape index (κ1) is 20.5. The van der Waals surface area contributed by atoms with Gasteiger partial charge in [0.15, 0.2) is 0 Å². The molecule has 0 saturated carbocycles. The average Bonchev–Trinajstić information content (AvgIpc) is 3.65. The monoisotopic (exact) mass is 462 g/mol. The molecule has 3 aromatic heterocycles. The Kier molecular flexibility index (Phi) is 5.01. The topological polar surface area (TPSA) is 102 Å². The van der Waals surface area contributed by atoms with Gasteiger partial charge >= 0.3 is 6.43 Å². The minimum Gasteiger partial charge on any atom is -0.415 e. The molecule has 0 unspecified atom stereocenters. The quantitative estimate of drug-likeness (QED) is 0.398. The van der Waals surface area contributed by atoms with E-state index in [1.807, 2.05) is 36.5 Å². The normalized spacial score (nSPS) is 14.0. The molecule has 1 aliphatic rings. The summed E-state index contributed by atoms with van der Waals surface area (Å²) in [6.45, 7) is 2.58. The molecular weight excluding hydrogens is 442 g/mol. The summed E-state index contributed by atoms with van der Waals surface area (Å²) in [6, 6.07) is 13.3. The van der Waals surface area contributed by atoms with Crippen LogP contribution in [0.25, 0.3) is 33.7 Å². The average molecular weight is 462 g/mol. The molecule has 11 heteroatoms. The van der Waals surface area contributed by atoms with Crippen molar-refractivity contribution in [3.63, 3.8) is 0 Å². The van der Waals surface area contributed by atoms with E-state index in [-0.39, 0.29) is 5.89 Å². The van der Waals surface area contributed by atoms with E-state index in [2.05, 4.69) is 30.4 Å². The Morgan fingerprint density at radius 1 is 0.971 bits per heavy atom. The summed E-state index contributed by atoms with van der Waals surface area (Å²) in [6.07, 6.45) is 1.50. The van der Waals surface area contributed by atoms with Gasteiger partial charge in [-0.1, -0.05) is 23.4 Å². The van der Waals surface area contributed by atoms with E-state index >= 15 is 0 Å². The second-order valence-electron chi connectivity index (χ2n) is 8.23. The Labute approximate surface area is 192 Å². The zero-order valence-electron chi connectivity index (χ0n) is 18.0. The van der Waals surface area contributed by atoms with Crippen LogP contribution >= 0.6 is 0 Å². The predicted molar refractivity (Wildman–Crippen MR) is 120 cm³/mol. The van der Waals surface area contributed by atoms with Crippen LogP contribution in [0.3, 0.4) is 0 Å². The summed E-state index contributed by atoms with van der Waals surface area (Å²) in [7, 11) is 0. The van der Waals surface area contributed by atoms with E-state index in [0.29, 0.717) is 12.1 Å². The van der Waals surface area contributed by atoms with Gasteiger partial charge in [0.2, 0.25) is 11.8 Å². The highest BCUT2D eigenvalue weighted by molar-refractivity contribution is 5.82. The van der Waals surface area contributed by atoms with Gasteiger partial charge in [-0.2, -0.15) is 8.78 Å². The molecule has 1 N–H and O–H groups in total. The Morgan fingerprint density at radius 2 is 1.76 bits per heavy atom. The Morgan fingerprint density at radius 3 is 2.53 bits per heavy atom. The molecule has 1 saturated heterocycles. The molecule has 172 valence electrons. The number of halogens is 2. The molecular formula is C23H20F2N8O. The Bertz CT molecular complexity index is 1430. The molecule has 2 aromatic carbocycles. The predicted octanol–water partition coefficient (Wildman–Crippen LogP) is 4.46. The smallest absolute Gasteiger partial charge is 0.314 e. The van der Waals surface area contributed by atoms with Crippen LogP contribution in [0.2, 0.25) is 0 Å². The van der Waals surface area contributed by atoms with E-state index in [1.54, 1.807) is 16.8 Å². The highest BCUT2D eigenvalue weighted by Gasteiger charge is 2.18. The maximum absolute atomic E-state index is 12.7. The third-order valence-corrected chi connectivity index (χ3v) is 5.88. The molecule has 0 bridgehead atoms. The van der Waals surface area contributed by atoms with E-state index < -0.39 is 12.3 Å². The number of nitrogens with zero attached hydrogens (tertiary/aromatic N) is 7. The van der Waals surface area contributed by atoms with Crippen LogP contribution in [0.1, 0.15) is 30.7 Å². The summed E-state index contributed by atoms with van der Waals surface area (Å²) in [4.78, 5) is 10.4. The molecule has 1 fully saturated rings. The van der Waals surface area contributed by atoms with Gasteiger partial charge in [-0.3, -0.25) is 0 Å². The van der Waals surface area contributed by atoms with E-state index in [0.717, 1.165) is 46.9 Å². The number of aromatic nitrogens is 7. The second kappa shape index (κ2) is 8.32. The van der Waals surface area contributed by atoms with Gasteiger partial charge in [-0.05, 0) is 42.7 Å². The largest absolute Gasteiger partial charge is 0.415 e. The minimum atomic E-state index is -2.79. The fourth-order valence-electron chi connectivity index (χ4n) is 4.12. The summed E-state index contributed by atoms with van der Waals surface area (Å²) < 4.78 is 32.0. The first-order valence-corrected chi connectivity index (χ1v) is 11.0. The molecule has 0 atom stereocenters. The molecule has 4 heterocycles. The van der Waals surface area contributed by atoms with Crippen LogP contribution in [0.15, 0.2) is 53.1 Å². The summed E-state index contributed by atoms with van der Waals surface area (Å²) in [5.41, 5.74) is 5.16. The van der Waals surface area contributed by atoms with Crippen molar-refractivity contribution in [2.45, 2.75) is 25.8 Å². The lowest BCUT2D eigenvalue weighted by atomic mass is 10.1. The molecule has 1 aliphatic heterocycles. The van der Waals surface area contributed by atoms with Crippen molar-refractivity contribution in [1.29, 1.82) is 0 Å². The Hall–Kier alpha value is -4.15. The van der Waals surface area contributed by atoms with Crippen LogP contribution in [0.5, 0.6) is 0 Å². The standard InChI is InChI=1S/C23H20F2N8O/c24-20(25)22-30-29-21(34-22)15-5-3-14(4-6-15)12-33-13-19(28-31-33)16-7-8-17-18(11-16)27-23(26-17)32-9-1-2-10-32/h3-8,11,13,20H,1-2,9-10,12H2,(H,26,27). The maximum atomic E-state index is 12.7. The third-order valence-electron chi connectivity index (χ3n) is 5.88. The van der Waals surface area contributed by atoms with Gasteiger partial charge < -0.3 is 14.3 Å². The van der Waals surface area contributed by atoms with Crippen molar-refractivity contribution in [1.82, 2.24) is 35.2 Å². The SMILES string of the molecule is FC(F)c1nnc(-c2ccc(Cn3cc(-c4ccc5nc(N6CCCC6)[nH]c5c4)nn3)cc2)o1. The van der Waals surface area contributed by atoms with E-state index in [1.165, 1.54) is 12.8 Å². The van der Waals surface area contributed by atoms with Gasteiger partial charge in [0.25, 0.3) is 5.89 Å². The number of alkyl halides is 2. The van der Waals surface area contributed by atoms with Gasteiger partial charge in [0.1, 0.15) is 5.69 Å². The molecule has 9 nitrogen and oxygen atoms in total. The number of fused-ring (bicyclic) bond motifs is 1. The Balaban J connectivity index is 1.17. The van der Waals surface area contributed by atoms with Crippen LogP contribution in [0.4, 0.5) is 14.7 Å². The first-order chi connectivity index (χ1) is 16.6. The summed E-state index contributed by atoms with van der Waals surface area (Å²) in [5.74, 6) is 0.296. The number of benzene rings is 2. The molecule has 0 aliphatic carbocycles. The third kappa shape index (κ3) is 3.89. The lowest BCUT2D eigenvalue weighted by Gasteiger charge is -2.12. The van der Waals surface area contributed by atoms with Crippen molar-refractivity contribution < 1.29 is 13.2 Å². The zero-order chi connectivity index (χ0) is 23.1. The number of hydrogen-bond donors (Lipinski definition) is 1. The molecule has 0 radical (unpaired) electrons. The molecule has 0 amide bonds. The number of hydrogen-bond acceptors (Lipinski definition) is 7. The van der Waals surface area contributed by atoms with Gasteiger partial charge in [0.05, 0.1) is 23.8 Å². The van der Waals surface area contributed by atoms with Crippen molar-refractivity contribution in [3.05, 3.63) is 60.1 Å². The first-order valence-electron chi connectivity index (χ1n) is 11.0. The number of H-pyrrole nitrogens is 1. The minimum absolute atomic E-state index is 0.0620. The highest BCUT2D eigenvalue weighted by atomic mass is 19.3. The number of nitrogens with one attached hydrogen (secondary N) is 1.